The first-order valence-corrected chi connectivity index (χ1v) is 14.0. The predicted molar refractivity (Wildman–Crippen MR) is 158 cm³/mol. The van der Waals surface area contributed by atoms with Crippen LogP contribution in [0.1, 0.15) is 12.0 Å². The smallest absolute Gasteiger partial charge is 0.332 e. The lowest BCUT2D eigenvalue weighted by Gasteiger charge is -2.37. The van der Waals surface area contributed by atoms with Gasteiger partial charge in [-0.05, 0) is 23.8 Å². The number of aromatic nitrogens is 4. The molecule has 2 amide bonds. The standard InChI is InChI=1S/C29H30ClN7O5/c1-32-25-24(27(40)33(2)29(32)41)36(17-18-8-4-5-9-19(18)30)28(31-25)35-14-12-34(13-15-35)21-16-23(38)37(26(21)39)20-10-6-7-11-22(20)42-3/h4-11,21H,12-17H2,1-3H3. The highest BCUT2D eigenvalue weighted by atomic mass is 35.5. The largest absolute Gasteiger partial charge is 0.495 e. The molecular formula is C29H30ClN7O5. The van der Waals surface area contributed by atoms with Gasteiger partial charge in [0.1, 0.15) is 5.75 Å². The number of benzene rings is 2. The number of carbonyl (C=O) groups excluding carboxylic acids is 2. The molecule has 0 radical (unpaired) electrons. The molecule has 0 spiro atoms. The van der Waals surface area contributed by atoms with Gasteiger partial charge >= 0.3 is 5.69 Å². The van der Waals surface area contributed by atoms with Crippen molar-refractivity contribution in [3.05, 3.63) is 80.0 Å². The molecule has 0 aliphatic carbocycles. The number of ether oxygens (including phenoxy) is 1. The van der Waals surface area contributed by atoms with E-state index >= 15 is 0 Å². The number of aryl methyl sites for hydroxylation is 1. The number of methoxy groups -OCH3 is 1. The van der Waals surface area contributed by atoms with Crippen LogP contribution in [-0.4, -0.2) is 74.7 Å². The maximum absolute atomic E-state index is 13.5. The van der Waals surface area contributed by atoms with Crippen molar-refractivity contribution < 1.29 is 14.3 Å². The van der Waals surface area contributed by atoms with E-state index in [9.17, 15) is 19.2 Å². The van der Waals surface area contributed by atoms with Crippen molar-refractivity contribution in [2.45, 2.75) is 19.0 Å². The molecule has 4 aromatic rings. The van der Waals surface area contributed by atoms with E-state index in [1.807, 2.05) is 32.6 Å². The Balaban J connectivity index is 1.30. The van der Waals surface area contributed by atoms with E-state index in [1.165, 1.54) is 23.6 Å². The molecule has 1 unspecified atom stereocenters. The van der Waals surface area contributed by atoms with Gasteiger partial charge in [0.05, 0.1) is 31.8 Å². The summed E-state index contributed by atoms with van der Waals surface area (Å²) in [6.45, 7) is 2.26. The SMILES string of the molecule is COc1ccccc1N1C(=O)CC(N2CCN(c3nc4c(c(=O)n(C)c(=O)n4C)n3Cc3ccccc3Cl)CC2)C1=O. The summed E-state index contributed by atoms with van der Waals surface area (Å²) in [5.41, 5.74) is 0.939. The molecule has 0 bridgehead atoms. The monoisotopic (exact) mass is 591 g/mol. The summed E-state index contributed by atoms with van der Waals surface area (Å²) in [4.78, 5) is 62.5. The van der Waals surface area contributed by atoms with Crippen LogP contribution < -0.4 is 25.8 Å². The highest BCUT2D eigenvalue weighted by molar-refractivity contribution is 6.31. The van der Waals surface area contributed by atoms with Crippen molar-refractivity contribution in [1.29, 1.82) is 0 Å². The molecule has 2 aliphatic rings. The lowest BCUT2D eigenvalue weighted by molar-refractivity contribution is -0.123. The zero-order chi connectivity index (χ0) is 29.7. The van der Waals surface area contributed by atoms with Crippen LogP contribution in [-0.2, 0) is 30.2 Å². The van der Waals surface area contributed by atoms with E-state index in [4.69, 9.17) is 21.3 Å². The van der Waals surface area contributed by atoms with Gasteiger partial charge in [0.25, 0.3) is 11.5 Å². The topological polar surface area (TPSA) is 115 Å². The van der Waals surface area contributed by atoms with E-state index in [0.29, 0.717) is 54.1 Å². The fraction of sp³-hybridized carbons (Fsp3) is 0.345. The molecule has 12 nitrogen and oxygen atoms in total. The first-order valence-electron chi connectivity index (χ1n) is 13.6. The predicted octanol–water partition coefficient (Wildman–Crippen LogP) is 1.60. The van der Waals surface area contributed by atoms with E-state index in [-0.39, 0.29) is 30.4 Å². The Labute approximate surface area is 245 Å². The average Bonchev–Trinajstić information content (AvgIpc) is 3.52. The number of rotatable bonds is 6. The molecule has 218 valence electrons. The van der Waals surface area contributed by atoms with Crippen LogP contribution in [0.25, 0.3) is 11.2 Å². The van der Waals surface area contributed by atoms with Crippen molar-refractivity contribution in [2.24, 2.45) is 14.1 Å². The van der Waals surface area contributed by atoms with Crippen molar-refractivity contribution in [1.82, 2.24) is 23.6 Å². The van der Waals surface area contributed by atoms with Crippen LogP contribution in [0, 0.1) is 0 Å². The normalized spacial score (nSPS) is 18.0. The highest BCUT2D eigenvalue weighted by Gasteiger charge is 2.44. The third-order valence-corrected chi connectivity index (χ3v) is 8.47. The summed E-state index contributed by atoms with van der Waals surface area (Å²) >= 11 is 6.49. The van der Waals surface area contributed by atoms with Gasteiger partial charge in [-0.1, -0.05) is 41.9 Å². The second kappa shape index (κ2) is 10.8. The van der Waals surface area contributed by atoms with Crippen LogP contribution in [0.3, 0.4) is 0 Å². The molecule has 0 saturated carbocycles. The molecule has 4 heterocycles. The molecular weight excluding hydrogens is 562 g/mol. The number of halogens is 1. The quantitative estimate of drug-likeness (QED) is 0.311. The molecule has 2 saturated heterocycles. The Kier molecular flexibility index (Phi) is 7.11. The Morgan fingerprint density at radius 2 is 1.62 bits per heavy atom. The van der Waals surface area contributed by atoms with Gasteiger partial charge in [-0.15, -0.1) is 0 Å². The van der Waals surface area contributed by atoms with Gasteiger partial charge in [0, 0.05) is 45.3 Å². The molecule has 6 rings (SSSR count). The zero-order valence-corrected chi connectivity index (χ0v) is 24.2. The number of imide groups is 1. The van der Waals surface area contributed by atoms with Crippen LogP contribution >= 0.6 is 11.6 Å². The Morgan fingerprint density at radius 1 is 0.929 bits per heavy atom. The van der Waals surface area contributed by atoms with Crippen LogP contribution in [0.2, 0.25) is 5.02 Å². The van der Waals surface area contributed by atoms with E-state index in [0.717, 1.165) is 10.1 Å². The molecule has 2 aromatic carbocycles. The lowest BCUT2D eigenvalue weighted by Crippen LogP contribution is -2.53. The third kappa shape index (κ3) is 4.47. The van der Waals surface area contributed by atoms with Crippen molar-refractivity contribution in [3.63, 3.8) is 0 Å². The molecule has 2 aromatic heterocycles. The first-order chi connectivity index (χ1) is 20.2. The first kappa shape index (κ1) is 27.7. The summed E-state index contributed by atoms with van der Waals surface area (Å²) in [5, 5.41) is 0.556. The molecule has 2 fully saturated rings. The number of imidazole rings is 1. The number of hydrogen-bond donors (Lipinski definition) is 0. The molecule has 2 aliphatic heterocycles. The Morgan fingerprint density at radius 3 is 2.33 bits per heavy atom. The summed E-state index contributed by atoms with van der Waals surface area (Å²) < 4.78 is 9.64. The molecule has 0 N–H and O–H groups in total. The Hall–Kier alpha value is -4.42. The fourth-order valence-corrected chi connectivity index (χ4v) is 6.02. The molecule has 42 heavy (non-hydrogen) atoms. The van der Waals surface area contributed by atoms with Crippen LogP contribution in [0.5, 0.6) is 5.75 Å². The second-order valence-corrected chi connectivity index (χ2v) is 10.9. The van der Waals surface area contributed by atoms with Gasteiger partial charge in [-0.25, -0.2) is 9.69 Å². The maximum Gasteiger partial charge on any atom is 0.332 e. The number of para-hydroxylation sites is 2. The van der Waals surface area contributed by atoms with Crippen LogP contribution in [0.4, 0.5) is 11.6 Å². The van der Waals surface area contributed by atoms with Crippen molar-refractivity contribution >= 4 is 46.2 Å². The fourth-order valence-electron chi connectivity index (χ4n) is 5.83. The molecule has 1 atom stereocenters. The van der Waals surface area contributed by atoms with Gasteiger partial charge < -0.3 is 9.64 Å². The van der Waals surface area contributed by atoms with Gasteiger partial charge in [0.2, 0.25) is 11.9 Å². The number of hydrogen-bond acceptors (Lipinski definition) is 8. The van der Waals surface area contributed by atoms with Gasteiger partial charge in [-0.2, -0.15) is 4.98 Å². The number of anilines is 2. The zero-order valence-electron chi connectivity index (χ0n) is 23.5. The summed E-state index contributed by atoms with van der Waals surface area (Å²) in [7, 11) is 4.55. The van der Waals surface area contributed by atoms with E-state index < -0.39 is 17.3 Å². The number of fused-ring (bicyclic) bond motifs is 1. The number of piperazine rings is 1. The minimum atomic E-state index is -0.584. The lowest BCUT2D eigenvalue weighted by atomic mass is 10.1. The van der Waals surface area contributed by atoms with E-state index in [2.05, 4.69) is 0 Å². The van der Waals surface area contributed by atoms with Crippen LogP contribution in [0.15, 0.2) is 58.1 Å². The third-order valence-electron chi connectivity index (χ3n) is 8.10. The summed E-state index contributed by atoms with van der Waals surface area (Å²) in [6.07, 6.45) is 0.0834. The van der Waals surface area contributed by atoms with Gasteiger partial charge in [0.15, 0.2) is 11.2 Å². The van der Waals surface area contributed by atoms with Crippen molar-refractivity contribution in [3.8, 4) is 5.75 Å². The molecule has 13 heteroatoms. The van der Waals surface area contributed by atoms with Crippen molar-refractivity contribution in [2.75, 3.05) is 43.1 Å². The Bertz CT molecular complexity index is 1840. The number of nitrogens with zero attached hydrogens (tertiary/aromatic N) is 7. The van der Waals surface area contributed by atoms with E-state index in [1.54, 1.807) is 37.4 Å². The average molecular weight is 592 g/mol. The van der Waals surface area contributed by atoms with Gasteiger partial charge in [-0.3, -0.25) is 33.0 Å². The highest BCUT2D eigenvalue weighted by Crippen LogP contribution is 2.33. The minimum absolute atomic E-state index is 0.0834. The second-order valence-electron chi connectivity index (χ2n) is 10.4. The number of amides is 2. The number of carbonyl (C=O) groups is 2. The summed E-state index contributed by atoms with van der Waals surface area (Å²) in [5.74, 6) is 0.451. The summed E-state index contributed by atoms with van der Waals surface area (Å²) in [6, 6.07) is 13.8. The maximum atomic E-state index is 13.5. The minimum Gasteiger partial charge on any atom is -0.495 e.